The molecule has 2 amide bonds. The number of carbonyl (C=O) groups excluding carboxylic acids is 2. The van der Waals surface area contributed by atoms with E-state index in [9.17, 15) is 9.59 Å². The van der Waals surface area contributed by atoms with E-state index in [0.29, 0.717) is 31.9 Å². The fourth-order valence-corrected chi connectivity index (χ4v) is 5.01. The molecule has 2 fully saturated rings. The Labute approximate surface area is 218 Å². The van der Waals surface area contributed by atoms with E-state index in [-0.39, 0.29) is 17.7 Å². The SMILES string of the molecule is CCCN(Cc1cccn1Cc1ccc(C(=O)N2CCN(c3ccccc3OC)CC2)o1)C(=O)C1CC1. The van der Waals surface area contributed by atoms with Crippen LogP contribution in [-0.4, -0.2) is 66.0 Å². The van der Waals surface area contributed by atoms with Crippen LogP contribution in [0.15, 0.2) is 59.1 Å². The Morgan fingerprint density at radius 3 is 2.54 bits per heavy atom. The molecule has 0 atom stereocenters. The molecular weight excluding hydrogens is 468 g/mol. The molecule has 1 saturated heterocycles. The van der Waals surface area contributed by atoms with Crippen LogP contribution >= 0.6 is 0 Å². The highest BCUT2D eigenvalue weighted by molar-refractivity contribution is 5.91. The minimum absolute atomic E-state index is 0.0807. The van der Waals surface area contributed by atoms with E-state index in [0.717, 1.165) is 61.8 Å². The Morgan fingerprint density at radius 1 is 1.03 bits per heavy atom. The summed E-state index contributed by atoms with van der Waals surface area (Å²) in [5.41, 5.74) is 2.12. The Bertz CT molecular complexity index is 1220. The number of benzene rings is 1. The van der Waals surface area contributed by atoms with Gasteiger partial charge in [0.1, 0.15) is 11.5 Å². The molecule has 2 aromatic heterocycles. The van der Waals surface area contributed by atoms with Gasteiger partial charge in [-0.25, -0.2) is 0 Å². The molecular formula is C29H36N4O4. The van der Waals surface area contributed by atoms with Crippen molar-refractivity contribution in [2.24, 2.45) is 5.92 Å². The van der Waals surface area contributed by atoms with Crippen LogP contribution in [0, 0.1) is 5.92 Å². The monoisotopic (exact) mass is 504 g/mol. The van der Waals surface area contributed by atoms with Gasteiger partial charge in [-0.15, -0.1) is 0 Å². The number of para-hydroxylation sites is 2. The van der Waals surface area contributed by atoms with Gasteiger partial charge >= 0.3 is 0 Å². The number of furan rings is 1. The Kier molecular flexibility index (Phi) is 7.53. The van der Waals surface area contributed by atoms with Gasteiger partial charge in [0, 0.05) is 50.5 Å². The van der Waals surface area contributed by atoms with Crippen molar-refractivity contribution >= 4 is 17.5 Å². The number of amides is 2. The first kappa shape index (κ1) is 25.0. The van der Waals surface area contributed by atoms with Crippen molar-refractivity contribution in [2.75, 3.05) is 44.7 Å². The quantitative estimate of drug-likeness (QED) is 0.413. The second-order valence-corrected chi connectivity index (χ2v) is 9.88. The van der Waals surface area contributed by atoms with Gasteiger partial charge in [0.25, 0.3) is 5.91 Å². The smallest absolute Gasteiger partial charge is 0.289 e. The maximum Gasteiger partial charge on any atom is 0.289 e. The van der Waals surface area contributed by atoms with Crippen molar-refractivity contribution < 1.29 is 18.7 Å². The van der Waals surface area contributed by atoms with Crippen molar-refractivity contribution in [2.45, 2.75) is 39.3 Å². The molecule has 8 nitrogen and oxygen atoms in total. The Morgan fingerprint density at radius 2 is 1.81 bits per heavy atom. The lowest BCUT2D eigenvalue weighted by atomic mass is 10.2. The highest BCUT2D eigenvalue weighted by atomic mass is 16.5. The van der Waals surface area contributed by atoms with E-state index >= 15 is 0 Å². The van der Waals surface area contributed by atoms with Gasteiger partial charge in [-0.05, 0) is 55.7 Å². The lowest BCUT2D eigenvalue weighted by Gasteiger charge is -2.36. The normalized spacial score (nSPS) is 15.6. The minimum Gasteiger partial charge on any atom is -0.495 e. The maximum atomic E-state index is 13.1. The zero-order valence-electron chi connectivity index (χ0n) is 21.8. The largest absolute Gasteiger partial charge is 0.495 e. The van der Waals surface area contributed by atoms with Gasteiger partial charge in [-0.3, -0.25) is 9.59 Å². The van der Waals surface area contributed by atoms with Gasteiger partial charge in [-0.1, -0.05) is 19.1 Å². The van der Waals surface area contributed by atoms with Gasteiger partial charge < -0.3 is 28.4 Å². The third-order valence-corrected chi connectivity index (χ3v) is 7.20. The number of carbonyl (C=O) groups is 2. The molecule has 3 heterocycles. The van der Waals surface area contributed by atoms with Crippen molar-refractivity contribution in [3.05, 3.63) is 71.9 Å². The Balaban J connectivity index is 1.19. The summed E-state index contributed by atoms with van der Waals surface area (Å²) in [6, 6.07) is 15.7. The molecule has 0 bridgehead atoms. The fraction of sp³-hybridized carbons (Fsp3) is 0.448. The molecule has 0 N–H and O–H groups in total. The van der Waals surface area contributed by atoms with Crippen LogP contribution in [0.2, 0.25) is 0 Å². The average molecular weight is 505 g/mol. The predicted molar refractivity (Wildman–Crippen MR) is 142 cm³/mol. The molecule has 3 aromatic rings. The van der Waals surface area contributed by atoms with Gasteiger partial charge in [-0.2, -0.15) is 0 Å². The number of hydrogen-bond acceptors (Lipinski definition) is 5. The van der Waals surface area contributed by atoms with Crippen molar-refractivity contribution in [1.82, 2.24) is 14.4 Å². The summed E-state index contributed by atoms with van der Waals surface area (Å²) in [6.07, 6.45) is 4.97. The van der Waals surface area contributed by atoms with Crippen molar-refractivity contribution in [1.29, 1.82) is 0 Å². The highest BCUT2D eigenvalue weighted by Crippen LogP contribution is 2.32. The number of piperazine rings is 1. The summed E-state index contributed by atoms with van der Waals surface area (Å²) in [7, 11) is 1.68. The lowest BCUT2D eigenvalue weighted by molar-refractivity contribution is -0.133. The maximum absolute atomic E-state index is 13.1. The number of nitrogens with zero attached hydrogens (tertiary/aromatic N) is 4. The van der Waals surface area contributed by atoms with Crippen molar-refractivity contribution in [3.8, 4) is 5.75 Å². The average Bonchev–Trinajstić information content (AvgIpc) is 3.53. The highest BCUT2D eigenvalue weighted by Gasteiger charge is 2.33. The van der Waals surface area contributed by atoms with E-state index in [1.165, 1.54) is 0 Å². The molecule has 1 aliphatic carbocycles. The summed E-state index contributed by atoms with van der Waals surface area (Å²) in [4.78, 5) is 31.9. The van der Waals surface area contributed by atoms with Gasteiger partial charge in [0.15, 0.2) is 5.76 Å². The molecule has 1 saturated carbocycles. The number of rotatable bonds is 10. The number of ether oxygens (including phenoxy) is 1. The number of methoxy groups -OCH3 is 1. The second-order valence-electron chi connectivity index (χ2n) is 9.88. The van der Waals surface area contributed by atoms with E-state index in [4.69, 9.17) is 9.15 Å². The van der Waals surface area contributed by atoms with Gasteiger partial charge in [0.2, 0.25) is 5.91 Å². The summed E-state index contributed by atoms with van der Waals surface area (Å²) in [5.74, 6) is 2.34. The molecule has 1 aromatic carbocycles. The molecule has 0 unspecified atom stereocenters. The second kappa shape index (κ2) is 11.2. The van der Waals surface area contributed by atoms with Crippen LogP contribution in [0.3, 0.4) is 0 Å². The lowest BCUT2D eigenvalue weighted by Crippen LogP contribution is -2.48. The first-order valence-corrected chi connectivity index (χ1v) is 13.3. The van der Waals surface area contributed by atoms with Crippen LogP contribution in [-0.2, 0) is 17.9 Å². The molecule has 0 spiro atoms. The molecule has 37 heavy (non-hydrogen) atoms. The molecule has 8 heteroatoms. The van der Waals surface area contributed by atoms with E-state index in [1.54, 1.807) is 13.2 Å². The number of aromatic nitrogens is 1. The summed E-state index contributed by atoms with van der Waals surface area (Å²) < 4.78 is 13.6. The molecule has 5 rings (SSSR count). The van der Waals surface area contributed by atoms with Crippen LogP contribution in [0.1, 0.15) is 48.2 Å². The summed E-state index contributed by atoms with van der Waals surface area (Å²) >= 11 is 0. The summed E-state index contributed by atoms with van der Waals surface area (Å²) in [6.45, 7) is 6.71. The third-order valence-electron chi connectivity index (χ3n) is 7.20. The van der Waals surface area contributed by atoms with Crippen LogP contribution in [0.5, 0.6) is 5.75 Å². The number of anilines is 1. The first-order chi connectivity index (χ1) is 18.1. The topological polar surface area (TPSA) is 71.2 Å². The fourth-order valence-electron chi connectivity index (χ4n) is 5.01. The zero-order chi connectivity index (χ0) is 25.8. The van der Waals surface area contributed by atoms with Crippen LogP contribution in [0.4, 0.5) is 5.69 Å². The zero-order valence-corrected chi connectivity index (χ0v) is 21.8. The standard InChI is InChI=1S/C29H36N4O4/c1-3-14-33(28(34)22-10-11-22)20-23-7-6-15-32(23)21-24-12-13-27(37-24)29(35)31-18-16-30(17-19-31)25-8-4-5-9-26(25)36-2/h4-9,12-13,15,22H,3,10-11,14,16-21H2,1-2H3. The van der Waals surface area contributed by atoms with Crippen molar-refractivity contribution in [3.63, 3.8) is 0 Å². The minimum atomic E-state index is -0.0807. The molecule has 1 aliphatic heterocycles. The van der Waals surface area contributed by atoms with E-state index < -0.39 is 0 Å². The molecule has 0 radical (unpaired) electrons. The molecule has 196 valence electrons. The molecule has 2 aliphatic rings. The third kappa shape index (κ3) is 5.68. The van der Waals surface area contributed by atoms with Crippen LogP contribution < -0.4 is 9.64 Å². The first-order valence-electron chi connectivity index (χ1n) is 13.3. The Hall–Kier alpha value is -3.68. The van der Waals surface area contributed by atoms with E-state index in [1.807, 2.05) is 52.4 Å². The van der Waals surface area contributed by atoms with Crippen LogP contribution in [0.25, 0.3) is 0 Å². The number of hydrogen-bond donors (Lipinski definition) is 0. The van der Waals surface area contributed by atoms with E-state index in [2.05, 4.69) is 22.5 Å². The predicted octanol–water partition coefficient (Wildman–Crippen LogP) is 4.25. The van der Waals surface area contributed by atoms with Gasteiger partial charge in [0.05, 0.1) is 25.9 Å². The summed E-state index contributed by atoms with van der Waals surface area (Å²) in [5, 5.41) is 0.